The van der Waals surface area contributed by atoms with E-state index in [4.69, 9.17) is 10.2 Å². The summed E-state index contributed by atoms with van der Waals surface area (Å²) >= 11 is 0. The van der Waals surface area contributed by atoms with Gasteiger partial charge in [0.25, 0.3) is 0 Å². The maximum atomic E-state index is 13.3. The normalized spacial score (nSPS) is 12.6. The molecule has 0 saturated heterocycles. The van der Waals surface area contributed by atoms with Crippen LogP contribution in [0.3, 0.4) is 0 Å². The van der Waals surface area contributed by atoms with E-state index in [-0.39, 0.29) is 11.4 Å². The number of anilines is 1. The minimum Gasteiger partial charge on any atom is -0.543 e. The molecule has 0 aromatic heterocycles. The van der Waals surface area contributed by atoms with Gasteiger partial charge in [0.15, 0.2) is 0 Å². The standard InChI is InChI=1S/C10H13F4NOSi/c1-17(2,3)16-9-5-7(11)6(4-8(9)15)10(12,13)14/h4-5H,15H2,1-3H3. The van der Waals surface area contributed by atoms with Crippen molar-refractivity contribution in [2.75, 3.05) is 5.73 Å². The summed E-state index contributed by atoms with van der Waals surface area (Å²) in [5, 5.41) is 0. The van der Waals surface area contributed by atoms with Gasteiger partial charge in [-0.15, -0.1) is 0 Å². The van der Waals surface area contributed by atoms with Crippen molar-refractivity contribution in [1.82, 2.24) is 0 Å². The Morgan fingerprint density at radius 1 is 1.18 bits per heavy atom. The summed E-state index contributed by atoms with van der Waals surface area (Å²) in [6.07, 6.45) is -4.75. The second-order valence-corrected chi connectivity index (χ2v) is 9.01. The number of alkyl halides is 3. The zero-order valence-corrected chi connectivity index (χ0v) is 10.7. The molecule has 0 fully saturated rings. The molecule has 1 rings (SSSR count). The van der Waals surface area contributed by atoms with Gasteiger partial charge >= 0.3 is 6.18 Å². The Morgan fingerprint density at radius 2 is 1.71 bits per heavy atom. The third-order valence-corrected chi connectivity index (χ3v) is 2.65. The molecule has 0 spiro atoms. The molecule has 0 bridgehead atoms. The quantitative estimate of drug-likeness (QED) is 0.504. The van der Waals surface area contributed by atoms with Crippen molar-refractivity contribution >= 4 is 14.0 Å². The van der Waals surface area contributed by atoms with Crippen LogP contribution in [0.5, 0.6) is 5.75 Å². The van der Waals surface area contributed by atoms with Crippen molar-refractivity contribution in [3.63, 3.8) is 0 Å². The van der Waals surface area contributed by atoms with Crippen molar-refractivity contribution in [1.29, 1.82) is 0 Å². The van der Waals surface area contributed by atoms with Crippen LogP contribution in [0.4, 0.5) is 23.2 Å². The van der Waals surface area contributed by atoms with Gasteiger partial charge in [-0.2, -0.15) is 13.2 Å². The molecule has 0 aliphatic carbocycles. The summed E-state index contributed by atoms with van der Waals surface area (Å²) in [6.45, 7) is 5.46. The number of nitrogens with two attached hydrogens (primary N) is 1. The number of halogens is 4. The molecular formula is C10H13F4NOSi. The second kappa shape index (κ2) is 4.21. The summed E-state index contributed by atoms with van der Waals surface area (Å²) < 4.78 is 55.8. The predicted molar refractivity (Wildman–Crippen MR) is 59.8 cm³/mol. The fraction of sp³-hybridized carbons (Fsp3) is 0.400. The number of benzene rings is 1. The van der Waals surface area contributed by atoms with Crippen LogP contribution in [-0.2, 0) is 6.18 Å². The van der Waals surface area contributed by atoms with Crippen molar-refractivity contribution in [2.45, 2.75) is 25.8 Å². The monoisotopic (exact) mass is 267 g/mol. The molecule has 96 valence electrons. The molecule has 2 N–H and O–H groups in total. The zero-order chi connectivity index (χ0) is 13.4. The molecule has 0 amide bonds. The topological polar surface area (TPSA) is 35.2 Å². The van der Waals surface area contributed by atoms with Gasteiger partial charge in [0.05, 0.1) is 11.3 Å². The molecule has 17 heavy (non-hydrogen) atoms. The van der Waals surface area contributed by atoms with Gasteiger partial charge in [-0.25, -0.2) is 4.39 Å². The van der Waals surface area contributed by atoms with E-state index in [1.807, 2.05) is 19.6 Å². The molecular weight excluding hydrogens is 254 g/mol. The first-order valence-electron chi connectivity index (χ1n) is 4.86. The maximum absolute atomic E-state index is 13.3. The average molecular weight is 267 g/mol. The van der Waals surface area contributed by atoms with E-state index in [1.54, 1.807) is 0 Å². The Hall–Kier alpha value is -1.24. The highest BCUT2D eigenvalue weighted by Gasteiger charge is 2.35. The molecule has 0 radical (unpaired) electrons. The van der Waals surface area contributed by atoms with Gasteiger partial charge in [0.2, 0.25) is 8.32 Å². The fourth-order valence-corrected chi connectivity index (χ4v) is 2.04. The van der Waals surface area contributed by atoms with Crippen molar-refractivity contribution in [3.05, 3.63) is 23.5 Å². The van der Waals surface area contributed by atoms with Gasteiger partial charge < -0.3 is 10.2 Å². The molecule has 7 heteroatoms. The third-order valence-electron chi connectivity index (χ3n) is 1.82. The lowest BCUT2D eigenvalue weighted by Crippen LogP contribution is -2.29. The van der Waals surface area contributed by atoms with Crippen LogP contribution >= 0.6 is 0 Å². The smallest absolute Gasteiger partial charge is 0.419 e. The largest absolute Gasteiger partial charge is 0.543 e. The predicted octanol–water partition coefficient (Wildman–Crippen LogP) is 3.64. The summed E-state index contributed by atoms with van der Waals surface area (Å²) in [6, 6.07) is 1.25. The molecule has 1 aromatic carbocycles. The zero-order valence-electron chi connectivity index (χ0n) is 9.65. The lowest BCUT2D eigenvalue weighted by atomic mass is 10.1. The van der Waals surface area contributed by atoms with Crippen LogP contribution in [0.15, 0.2) is 12.1 Å². The van der Waals surface area contributed by atoms with E-state index in [1.165, 1.54) is 0 Å². The Labute approximate surface area is 97.5 Å². The van der Waals surface area contributed by atoms with Crippen LogP contribution in [0, 0.1) is 5.82 Å². The molecule has 0 saturated carbocycles. The summed E-state index contributed by atoms with van der Waals surface area (Å²) in [7, 11) is -2.04. The number of nitrogen functional groups attached to an aromatic ring is 1. The Balaban J connectivity index is 3.19. The molecule has 2 nitrogen and oxygen atoms in total. The number of rotatable bonds is 2. The van der Waals surface area contributed by atoms with Crippen LogP contribution in [0.25, 0.3) is 0 Å². The highest BCUT2D eigenvalue weighted by atomic mass is 28.4. The van der Waals surface area contributed by atoms with E-state index in [2.05, 4.69) is 0 Å². The van der Waals surface area contributed by atoms with Gasteiger partial charge in [-0.3, -0.25) is 0 Å². The molecule has 0 atom stereocenters. The van der Waals surface area contributed by atoms with Crippen molar-refractivity contribution < 1.29 is 22.0 Å². The Bertz CT molecular complexity index is 426. The second-order valence-electron chi connectivity index (χ2n) is 4.58. The SMILES string of the molecule is C[Si](C)(C)Oc1cc(F)c(C(F)(F)F)cc1N. The van der Waals surface area contributed by atoms with Gasteiger partial charge in [-0.1, -0.05) is 0 Å². The van der Waals surface area contributed by atoms with E-state index in [0.717, 1.165) is 0 Å². The van der Waals surface area contributed by atoms with Crippen molar-refractivity contribution in [3.8, 4) is 5.75 Å². The van der Waals surface area contributed by atoms with E-state index >= 15 is 0 Å². The van der Waals surface area contributed by atoms with E-state index in [9.17, 15) is 17.6 Å². The van der Waals surface area contributed by atoms with Crippen molar-refractivity contribution in [2.24, 2.45) is 0 Å². The van der Waals surface area contributed by atoms with Gasteiger partial charge in [-0.05, 0) is 25.7 Å². The average Bonchev–Trinajstić information content (AvgIpc) is 2.06. The lowest BCUT2D eigenvalue weighted by Gasteiger charge is -2.21. The molecule has 0 unspecified atom stereocenters. The molecule has 1 aromatic rings. The van der Waals surface area contributed by atoms with Crippen LogP contribution in [-0.4, -0.2) is 8.32 Å². The van der Waals surface area contributed by atoms with E-state index < -0.39 is 25.9 Å². The van der Waals surface area contributed by atoms with Gasteiger partial charge in [0, 0.05) is 6.07 Å². The number of hydrogen-bond donors (Lipinski definition) is 1. The minimum absolute atomic E-state index is 0.0327. The van der Waals surface area contributed by atoms with E-state index in [0.29, 0.717) is 12.1 Å². The maximum Gasteiger partial charge on any atom is 0.419 e. The van der Waals surface area contributed by atoms with Crippen LogP contribution < -0.4 is 10.2 Å². The lowest BCUT2D eigenvalue weighted by molar-refractivity contribution is -0.139. The highest BCUT2D eigenvalue weighted by Crippen LogP contribution is 2.36. The molecule has 0 aliphatic heterocycles. The summed E-state index contributed by atoms with van der Waals surface area (Å²) in [5.74, 6) is -1.41. The first-order chi connectivity index (χ1) is 7.50. The fourth-order valence-electron chi connectivity index (χ4n) is 1.21. The van der Waals surface area contributed by atoms with Gasteiger partial charge in [0.1, 0.15) is 11.6 Å². The summed E-state index contributed by atoms with van der Waals surface area (Å²) in [4.78, 5) is 0. The molecule has 0 aliphatic rings. The first-order valence-corrected chi connectivity index (χ1v) is 8.27. The van der Waals surface area contributed by atoms with Crippen LogP contribution in [0.2, 0.25) is 19.6 Å². The minimum atomic E-state index is -4.75. The van der Waals surface area contributed by atoms with Crippen LogP contribution in [0.1, 0.15) is 5.56 Å². The number of hydrogen-bond acceptors (Lipinski definition) is 2. The first kappa shape index (κ1) is 13.8. The third kappa shape index (κ3) is 3.62. The molecule has 0 heterocycles. The Kier molecular flexibility index (Phi) is 3.42. The highest BCUT2D eigenvalue weighted by molar-refractivity contribution is 6.70. The summed E-state index contributed by atoms with van der Waals surface area (Å²) in [5.41, 5.74) is 3.84. The Morgan fingerprint density at radius 3 is 2.12 bits per heavy atom.